The molecule has 0 bridgehead atoms. The van der Waals surface area contributed by atoms with E-state index in [1.54, 1.807) is 49.6 Å². The first-order valence-electron chi connectivity index (χ1n) is 14.1. The largest absolute Gasteiger partial charge is 0.497 e. The van der Waals surface area contributed by atoms with Crippen molar-refractivity contribution < 1.29 is 28.6 Å². The molecule has 1 spiro atoms. The fourth-order valence-corrected chi connectivity index (χ4v) is 7.32. The lowest BCUT2D eigenvalue weighted by Gasteiger charge is -2.38. The number of carbonyl (C=O) groups is 3. The monoisotopic (exact) mass is 570 g/mol. The van der Waals surface area contributed by atoms with Crippen molar-refractivity contribution in [3.63, 3.8) is 0 Å². The lowest BCUT2D eigenvalue weighted by molar-refractivity contribution is -0.122. The second-order valence-electron chi connectivity index (χ2n) is 11.1. The molecular formula is C35H26N2O6. The maximum Gasteiger partial charge on any atom is 0.238 e. The predicted molar refractivity (Wildman–Crippen MR) is 158 cm³/mol. The number of para-hydroxylation sites is 1. The van der Waals surface area contributed by atoms with Gasteiger partial charge in [0.05, 0.1) is 19.1 Å². The van der Waals surface area contributed by atoms with Gasteiger partial charge in [-0.2, -0.15) is 0 Å². The number of carbonyl (C=O) groups excluding carboxylic acids is 3. The molecule has 4 aliphatic rings. The van der Waals surface area contributed by atoms with Gasteiger partial charge in [0.25, 0.3) is 0 Å². The van der Waals surface area contributed by atoms with Gasteiger partial charge in [-0.25, -0.2) is 0 Å². The predicted octanol–water partition coefficient (Wildman–Crippen LogP) is 5.41. The number of benzene rings is 4. The van der Waals surface area contributed by atoms with E-state index in [2.05, 4.69) is 5.32 Å². The van der Waals surface area contributed by atoms with E-state index in [0.717, 1.165) is 11.1 Å². The van der Waals surface area contributed by atoms with E-state index in [1.807, 2.05) is 65.7 Å². The first kappa shape index (κ1) is 25.3. The van der Waals surface area contributed by atoms with Crippen LogP contribution in [0.5, 0.6) is 17.2 Å². The van der Waals surface area contributed by atoms with Gasteiger partial charge < -0.3 is 24.4 Å². The lowest BCUT2D eigenvalue weighted by Crippen LogP contribution is -2.49. The van der Waals surface area contributed by atoms with Gasteiger partial charge in [0.2, 0.25) is 12.7 Å². The Kier molecular flexibility index (Phi) is 5.50. The molecule has 0 radical (unpaired) electrons. The summed E-state index contributed by atoms with van der Waals surface area (Å²) in [6, 6.07) is 25.6. The number of rotatable bonds is 5. The van der Waals surface area contributed by atoms with Crippen molar-refractivity contribution in [1.82, 2.24) is 4.90 Å². The van der Waals surface area contributed by atoms with Crippen LogP contribution in [-0.4, -0.2) is 42.3 Å². The molecule has 4 aromatic carbocycles. The van der Waals surface area contributed by atoms with Crippen LogP contribution in [0.15, 0.2) is 97.2 Å². The SMILES string of the molecule is COc1ccc(C(=O)[C@@H]2[C@H](C(=O)c3ccc4c(c3)OCO4)N3C=Cc4ccccc4[C@@H]3[C@]23C(=O)Nc2ccccc23)cc1. The van der Waals surface area contributed by atoms with E-state index in [4.69, 9.17) is 14.2 Å². The Labute approximate surface area is 247 Å². The molecule has 8 nitrogen and oxygen atoms in total. The Bertz CT molecular complexity index is 1860. The number of amides is 1. The zero-order valence-electron chi connectivity index (χ0n) is 23.2. The Morgan fingerprint density at radius 1 is 0.884 bits per heavy atom. The number of fused-ring (bicyclic) bond motifs is 7. The fourth-order valence-electron chi connectivity index (χ4n) is 7.32. The average Bonchev–Trinajstić information content (AvgIpc) is 3.73. The normalized spacial score (nSPS) is 23.9. The summed E-state index contributed by atoms with van der Waals surface area (Å²) in [5, 5.41) is 3.07. The van der Waals surface area contributed by atoms with E-state index in [9.17, 15) is 14.4 Å². The number of Topliss-reactive ketones (excluding diaryl/α,β-unsaturated/α-hetero) is 2. The summed E-state index contributed by atoms with van der Waals surface area (Å²) < 4.78 is 16.4. The standard InChI is InChI=1S/C35H26N2O6/c1-41-23-13-10-21(11-14-23)31(38)29-30(32(39)22-12-15-27-28(18-22)43-19-42-27)37-17-16-20-6-2-3-7-24(20)33(37)35(29)25-8-4-5-9-26(25)36-34(35)40/h2-18,29-30,33H,19H2,1H3,(H,36,40)/t29-,30+,33+,35+/m0/s1. The highest BCUT2D eigenvalue weighted by Gasteiger charge is 2.70. The summed E-state index contributed by atoms with van der Waals surface area (Å²) >= 11 is 0. The van der Waals surface area contributed by atoms with Crippen LogP contribution < -0.4 is 19.5 Å². The Morgan fingerprint density at radius 3 is 2.47 bits per heavy atom. The second-order valence-corrected chi connectivity index (χ2v) is 11.1. The summed E-state index contributed by atoms with van der Waals surface area (Å²) in [4.78, 5) is 46.1. The van der Waals surface area contributed by atoms with Gasteiger partial charge in [0.15, 0.2) is 23.1 Å². The molecule has 0 aliphatic carbocycles. The summed E-state index contributed by atoms with van der Waals surface area (Å²) in [6.07, 6.45) is 3.80. The number of methoxy groups -OCH3 is 1. The first-order chi connectivity index (χ1) is 21.0. The molecule has 43 heavy (non-hydrogen) atoms. The minimum absolute atomic E-state index is 0.0722. The number of hydrogen-bond acceptors (Lipinski definition) is 7. The molecule has 0 aromatic heterocycles. The molecule has 4 aromatic rings. The number of ether oxygens (including phenoxy) is 3. The molecule has 1 fully saturated rings. The number of ketones is 2. The van der Waals surface area contributed by atoms with Crippen molar-refractivity contribution in [2.75, 3.05) is 19.2 Å². The second kappa shape index (κ2) is 9.32. The average molecular weight is 571 g/mol. The fraction of sp³-hybridized carbons (Fsp3) is 0.171. The highest BCUT2D eigenvalue weighted by molar-refractivity contribution is 6.16. The molecule has 1 N–H and O–H groups in total. The van der Waals surface area contributed by atoms with Crippen molar-refractivity contribution in [3.8, 4) is 17.2 Å². The van der Waals surface area contributed by atoms with Gasteiger partial charge in [-0.05, 0) is 71.3 Å². The lowest BCUT2D eigenvalue weighted by atomic mass is 9.62. The number of nitrogens with zero attached hydrogens (tertiary/aromatic N) is 1. The van der Waals surface area contributed by atoms with Gasteiger partial charge in [-0.15, -0.1) is 0 Å². The third kappa shape index (κ3) is 3.46. The summed E-state index contributed by atoms with van der Waals surface area (Å²) in [5.74, 6) is -0.327. The van der Waals surface area contributed by atoms with Crippen LogP contribution >= 0.6 is 0 Å². The third-order valence-corrected chi connectivity index (χ3v) is 9.15. The number of nitrogens with one attached hydrogen (secondary N) is 1. The minimum Gasteiger partial charge on any atom is -0.497 e. The van der Waals surface area contributed by atoms with Gasteiger partial charge in [0.1, 0.15) is 17.2 Å². The highest BCUT2D eigenvalue weighted by atomic mass is 16.7. The zero-order chi connectivity index (χ0) is 29.3. The van der Waals surface area contributed by atoms with Gasteiger partial charge in [-0.3, -0.25) is 14.4 Å². The molecule has 0 saturated carbocycles. The summed E-state index contributed by atoms with van der Waals surface area (Å²) in [5.41, 5.74) is 2.53. The topological polar surface area (TPSA) is 94.2 Å². The third-order valence-electron chi connectivity index (χ3n) is 9.15. The smallest absolute Gasteiger partial charge is 0.238 e. The van der Waals surface area contributed by atoms with Crippen molar-refractivity contribution in [3.05, 3.63) is 125 Å². The quantitative estimate of drug-likeness (QED) is 0.321. The van der Waals surface area contributed by atoms with Crippen LogP contribution in [0.3, 0.4) is 0 Å². The molecule has 0 unspecified atom stereocenters. The Balaban J connectivity index is 1.39. The van der Waals surface area contributed by atoms with Crippen molar-refractivity contribution in [2.45, 2.75) is 17.5 Å². The van der Waals surface area contributed by atoms with Crippen LogP contribution in [0.2, 0.25) is 0 Å². The summed E-state index contributed by atoms with van der Waals surface area (Å²) in [6.45, 7) is 0.0722. The maximum absolute atomic E-state index is 14.9. The van der Waals surface area contributed by atoms with E-state index in [1.165, 1.54) is 0 Å². The van der Waals surface area contributed by atoms with Crippen LogP contribution in [0.4, 0.5) is 5.69 Å². The zero-order valence-corrected chi connectivity index (χ0v) is 23.2. The first-order valence-corrected chi connectivity index (χ1v) is 14.1. The molecule has 4 aliphatic heterocycles. The molecular weight excluding hydrogens is 544 g/mol. The van der Waals surface area contributed by atoms with E-state index >= 15 is 0 Å². The van der Waals surface area contributed by atoms with Crippen molar-refractivity contribution in [2.24, 2.45) is 5.92 Å². The summed E-state index contributed by atoms with van der Waals surface area (Å²) in [7, 11) is 1.56. The van der Waals surface area contributed by atoms with Gasteiger partial charge in [-0.1, -0.05) is 42.5 Å². The number of anilines is 1. The van der Waals surface area contributed by atoms with Crippen LogP contribution in [-0.2, 0) is 10.2 Å². The minimum atomic E-state index is -1.40. The van der Waals surface area contributed by atoms with E-state index < -0.39 is 23.4 Å². The van der Waals surface area contributed by atoms with E-state index in [-0.39, 0.29) is 24.3 Å². The van der Waals surface area contributed by atoms with Gasteiger partial charge in [0, 0.05) is 23.0 Å². The Morgan fingerprint density at radius 2 is 1.63 bits per heavy atom. The van der Waals surface area contributed by atoms with Crippen LogP contribution in [0.25, 0.3) is 6.08 Å². The molecule has 212 valence electrons. The van der Waals surface area contributed by atoms with Crippen molar-refractivity contribution >= 4 is 29.2 Å². The molecule has 4 atom stereocenters. The van der Waals surface area contributed by atoms with Crippen molar-refractivity contribution in [1.29, 1.82) is 0 Å². The van der Waals surface area contributed by atoms with Gasteiger partial charge >= 0.3 is 0 Å². The molecule has 1 amide bonds. The highest BCUT2D eigenvalue weighted by Crippen LogP contribution is 2.62. The molecule has 4 heterocycles. The van der Waals surface area contributed by atoms with Crippen LogP contribution in [0.1, 0.15) is 43.4 Å². The molecule has 8 heteroatoms. The Hall–Kier alpha value is -5.37. The molecule has 1 saturated heterocycles. The maximum atomic E-state index is 14.9. The van der Waals surface area contributed by atoms with E-state index in [0.29, 0.717) is 39.6 Å². The molecule has 8 rings (SSSR count). The van der Waals surface area contributed by atoms with Crippen LogP contribution in [0, 0.1) is 5.92 Å². The number of hydrogen-bond donors (Lipinski definition) is 1.